The molecule has 3 aromatic rings. The normalized spacial score (nSPS) is 10.8. The standard InChI is InChI=1S/C27H27IN4O5/c1-17-5-7-19(8-6-17)15-37-26-23(28)10-20(11-24(26)36-4)13-30-31-25(33)14-32-18(2)9-21(16-35-3)22(12-29)27(32)34/h5-11,13H,14-16H2,1-4H3,(H,31,33)/b30-13+. The lowest BCUT2D eigenvalue weighted by Crippen LogP contribution is -2.33. The highest BCUT2D eigenvalue weighted by molar-refractivity contribution is 14.1. The topological polar surface area (TPSA) is 115 Å². The number of hydrogen-bond donors (Lipinski definition) is 1. The molecular formula is C27H27IN4O5. The number of benzene rings is 2. The molecule has 1 aromatic heterocycles. The molecule has 1 N–H and O–H groups in total. The van der Waals surface area contributed by atoms with Gasteiger partial charge in [0.25, 0.3) is 11.5 Å². The summed E-state index contributed by atoms with van der Waals surface area (Å²) in [5, 5.41) is 13.4. The van der Waals surface area contributed by atoms with Gasteiger partial charge < -0.3 is 18.8 Å². The number of carbonyl (C=O) groups excluding carboxylic acids is 1. The van der Waals surface area contributed by atoms with E-state index in [1.807, 2.05) is 43.3 Å². The van der Waals surface area contributed by atoms with E-state index in [0.717, 1.165) is 9.13 Å². The molecule has 0 saturated heterocycles. The summed E-state index contributed by atoms with van der Waals surface area (Å²) in [6, 6.07) is 15.3. The van der Waals surface area contributed by atoms with Crippen molar-refractivity contribution in [1.82, 2.24) is 9.99 Å². The van der Waals surface area contributed by atoms with Crippen molar-refractivity contribution in [3.63, 3.8) is 0 Å². The first-order chi connectivity index (χ1) is 17.8. The highest BCUT2D eigenvalue weighted by Crippen LogP contribution is 2.34. The summed E-state index contributed by atoms with van der Waals surface area (Å²) >= 11 is 2.16. The van der Waals surface area contributed by atoms with E-state index in [4.69, 9.17) is 14.2 Å². The van der Waals surface area contributed by atoms with E-state index in [1.165, 1.54) is 23.5 Å². The number of aryl methyl sites for hydroxylation is 2. The van der Waals surface area contributed by atoms with Crippen LogP contribution in [0.4, 0.5) is 0 Å². The Kier molecular flexibility index (Phi) is 9.82. The maximum absolute atomic E-state index is 12.7. The molecule has 192 valence electrons. The summed E-state index contributed by atoms with van der Waals surface area (Å²) in [5.41, 5.74) is 5.76. The largest absolute Gasteiger partial charge is 0.493 e. The number of methoxy groups -OCH3 is 2. The molecule has 0 spiro atoms. The minimum absolute atomic E-state index is 0.0462. The fourth-order valence-electron chi connectivity index (χ4n) is 3.57. The number of pyridine rings is 1. The van der Waals surface area contributed by atoms with E-state index in [-0.39, 0.29) is 18.7 Å². The van der Waals surface area contributed by atoms with Crippen molar-refractivity contribution in [2.24, 2.45) is 5.10 Å². The van der Waals surface area contributed by atoms with Gasteiger partial charge in [0, 0.05) is 18.4 Å². The first-order valence-corrected chi connectivity index (χ1v) is 12.3. The molecule has 37 heavy (non-hydrogen) atoms. The predicted molar refractivity (Wildman–Crippen MR) is 148 cm³/mol. The molecule has 0 atom stereocenters. The van der Waals surface area contributed by atoms with Crippen LogP contribution < -0.4 is 20.5 Å². The van der Waals surface area contributed by atoms with Gasteiger partial charge >= 0.3 is 0 Å². The second-order valence-corrected chi connectivity index (χ2v) is 9.39. The van der Waals surface area contributed by atoms with Crippen molar-refractivity contribution < 1.29 is 19.0 Å². The van der Waals surface area contributed by atoms with Crippen LogP contribution in [0.15, 0.2) is 52.4 Å². The Hall–Kier alpha value is -3.69. The van der Waals surface area contributed by atoms with Gasteiger partial charge in [-0.05, 0) is 65.8 Å². The zero-order valence-electron chi connectivity index (χ0n) is 21.0. The van der Waals surface area contributed by atoms with Crippen molar-refractivity contribution in [1.29, 1.82) is 5.26 Å². The van der Waals surface area contributed by atoms with E-state index in [0.29, 0.717) is 34.9 Å². The fourth-order valence-corrected chi connectivity index (χ4v) is 4.35. The Bertz CT molecular complexity index is 1410. The van der Waals surface area contributed by atoms with Crippen LogP contribution in [0.3, 0.4) is 0 Å². The number of amides is 1. The van der Waals surface area contributed by atoms with Gasteiger partial charge in [0.1, 0.15) is 24.8 Å². The quantitative estimate of drug-likeness (QED) is 0.211. The van der Waals surface area contributed by atoms with Crippen LogP contribution in [-0.2, 0) is 29.3 Å². The SMILES string of the molecule is COCc1cc(C)n(CC(=O)N/N=C/c2cc(I)c(OCc3ccc(C)cc3)c(OC)c2)c(=O)c1C#N. The van der Waals surface area contributed by atoms with E-state index < -0.39 is 11.5 Å². The number of hydrogen-bond acceptors (Lipinski definition) is 7. The molecule has 1 amide bonds. The van der Waals surface area contributed by atoms with E-state index >= 15 is 0 Å². The molecule has 3 rings (SSSR count). The summed E-state index contributed by atoms with van der Waals surface area (Å²) in [6.45, 7) is 3.97. The third-order valence-corrected chi connectivity index (χ3v) is 6.26. The van der Waals surface area contributed by atoms with Crippen molar-refractivity contribution in [3.8, 4) is 17.6 Å². The minimum atomic E-state index is -0.547. The number of hydrazone groups is 1. The maximum Gasteiger partial charge on any atom is 0.269 e. The fraction of sp³-hybridized carbons (Fsp3) is 0.259. The number of halogens is 1. The van der Waals surface area contributed by atoms with Gasteiger partial charge in [-0.2, -0.15) is 10.4 Å². The molecule has 0 aliphatic carbocycles. The average molecular weight is 614 g/mol. The second kappa shape index (κ2) is 13.0. The van der Waals surface area contributed by atoms with Crippen LogP contribution in [0.25, 0.3) is 0 Å². The monoisotopic (exact) mass is 614 g/mol. The summed E-state index contributed by atoms with van der Waals surface area (Å²) in [6.07, 6.45) is 1.48. The number of nitriles is 1. The van der Waals surface area contributed by atoms with E-state index in [9.17, 15) is 14.9 Å². The minimum Gasteiger partial charge on any atom is -0.493 e. The zero-order valence-corrected chi connectivity index (χ0v) is 23.2. The second-order valence-electron chi connectivity index (χ2n) is 8.22. The van der Waals surface area contributed by atoms with Gasteiger partial charge in [-0.15, -0.1) is 0 Å². The van der Waals surface area contributed by atoms with Crippen LogP contribution in [0, 0.1) is 28.7 Å². The first-order valence-electron chi connectivity index (χ1n) is 11.3. The Labute approximate surface area is 228 Å². The number of carbonyl (C=O) groups is 1. The number of aromatic nitrogens is 1. The van der Waals surface area contributed by atoms with Crippen molar-refractivity contribution in [3.05, 3.63) is 89.9 Å². The molecular weight excluding hydrogens is 587 g/mol. The van der Waals surface area contributed by atoms with Crippen LogP contribution in [0.1, 0.15) is 33.5 Å². The van der Waals surface area contributed by atoms with E-state index in [1.54, 1.807) is 26.2 Å². The Morgan fingerprint density at radius 1 is 1.16 bits per heavy atom. The van der Waals surface area contributed by atoms with Crippen LogP contribution >= 0.6 is 22.6 Å². The van der Waals surface area contributed by atoms with Gasteiger partial charge in [-0.1, -0.05) is 29.8 Å². The van der Waals surface area contributed by atoms with Gasteiger partial charge in [-0.25, -0.2) is 5.43 Å². The van der Waals surface area contributed by atoms with Gasteiger partial charge in [0.2, 0.25) is 0 Å². The molecule has 0 saturated carbocycles. The highest BCUT2D eigenvalue weighted by Gasteiger charge is 2.15. The molecule has 0 bridgehead atoms. The molecule has 0 aliphatic rings. The molecule has 1 heterocycles. The zero-order chi connectivity index (χ0) is 26.9. The number of ether oxygens (including phenoxy) is 3. The average Bonchev–Trinajstić information content (AvgIpc) is 2.87. The Morgan fingerprint density at radius 3 is 2.54 bits per heavy atom. The smallest absolute Gasteiger partial charge is 0.269 e. The maximum atomic E-state index is 12.7. The van der Waals surface area contributed by atoms with E-state index in [2.05, 4.69) is 33.1 Å². The lowest BCUT2D eigenvalue weighted by atomic mass is 10.1. The molecule has 10 heteroatoms. The summed E-state index contributed by atoms with van der Waals surface area (Å²) < 4.78 is 18.6. The van der Waals surface area contributed by atoms with Crippen molar-refractivity contribution >= 4 is 34.7 Å². The summed E-state index contributed by atoms with van der Waals surface area (Å²) in [5.74, 6) is 0.642. The van der Waals surface area contributed by atoms with Crippen LogP contribution in [0.2, 0.25) is 0 Å². The first kappa shape index (κ1) is 27.9. The lowest BCUT2D eigenvalue weighted by molar-refractivity contribution is -0.121. The van der Waals surface area contributed by atoms with Gasteiger partial charge in [0.15, 0.2) is 11.5 Å². The number of nitrogens with one attached hydrogen (secondary N) is 1. The third-order valence-electron chi connectivity index (χ3n) is 5.46. The van der Waals surface area contributed by atoms with Crippen molar-refractivity contribution in [2.45, 2.75) is 33.6 Å². The van der Waals surface area contributed by atoms with Crippen LogP contribution in [-0.4, -0.2) is 30.9 Å². The molecule has 0 radical (unpaired) electrons. The van der Waals surface area contributed by atoms with Gasteiger partial charge in [-0.3, -0.25) is 9.59 Å². The lowest BCUT2D eigenvalue weighted by Gasteiger charge is -2.14. The predicted octanol–water partition coefficient (Wildman–Crippen LogP) is 3.83. The highest BCUT2D eigenvalue weighted by atomic mass is 127. The number of nitrogens with zero attached hydrogens (tertiary/aromatic N) is 3. The number of rotatable bonds is 10. The Balaban J connectivity index is 1.69. The summed E-state index contributed by atoms with van der Waals surface area (Å²) in [4.78, 5) is 25.1. The molecule has 0 unspecified atom stereocenters. The van der Waals surface area contributed by atoms with Gasteiger partial charge in [0.05, 0.1) is 23.5 Å². The molecule has 0 aliphatic heterocycles. The Morgan fingerprint density at radius 2 is 1.89 bits per heavy atom. The van der Waals surface area contributed by atoms with Crippen molar-refractivity contribution in [2.75, 3.05) is 14.2 Å². The molecule has 2 aromatic carbocycles. The van der Waals surface area contributed by atoms with Crippen LogP contribution in [0.5, 0.6) is 11.5 Å². The molecule has 0 fully saturated rings. The molecule has 9 nitrogen and oxygen atoms in total. The summed E-state index contributed by atoms with van der Waals surface area (Å²) in [7, 11) is 3.04. The third kappa shape index (κ3) is 7.18.